The van der Waals surface area contributed by atoms with Crippen LogP contribution in [0.2, 0.25) is 13.3 Å². The topological polar surface area (TPSA) is 17.8 Å². The Balaban J connectivity index is 3.07. The average molecular weight is 471 g/mol. The van der Waals surface area contributed by atoms with E-state index >= 15 is 0 Å². The van der Waals surface area contributed by atoms with Gasteiger partial charge < -0.3 is 0 Å². The first-order chi connectivity index (χ1) is 11.8. The van der Waals surface area contributed by atoms with Crippen LogP contribution in [-0.2, 0) is 6.54 Å². The van der Waals surface area contributed by atoms with Crippen LogP contribution >= 0.6 is 0 Å². The molecule has 0 atom stereocenters. The Morgan fingerprint density at radius 1 is 1.00 bits per heavy atom. The molecule has 146 valence electrons. The zero-order valence-electron chi connectivity index (χ0n) is 15.7. The molecule has 25 heavy (non-hydrogen) atoms. The second-order valence-electron chi connectivity index (χ2n) is 7.05. The fourth-order valence-corrected chi connectivity index (χ4v) is 18.7. The first-order valence-corrected chi connectivity index (χ1v) is 17.0. The average Bonchev–Trinajstić information content (AvgIpc) is 3.02. The predicted octanol–water partition coefficient (Wildman–Crippen LogP) is 5.84. The Hall–Kier alpha value is -0.271. The van der Waals surface area contributed by atoms with Crippen molar-refractivity contribution in [2.75, 3.05) is 0 Å². The van der Waals surface area contributed by atoms with Gasteiger partial charge in [-0.15, -0.1) is 0 Å². The quantitative estimate of drug-likeness (QED) is 0.261. The van der Waals surface area contributed by atoms with Gasteiger partial charge in [0.1, 0.15) is 0 Å². The third-order valence-corrected chi connectivity index (χ3v) is 20.0. The van der Waals surface area contributed by atoms with E-state index in [4.69, 9.17) is 0 Å². The molecule has 1 aromatic rings. The van der Waals surface area contributed by atoms with E-state index in [1.54, 1.807) is 0 Å². The van der Waals surface area contributed by atoms with Crippen LogP contribution < -0.4 is 3.71 Å². The third kappa shape index (κ3) is 6.75. The Labute approximate surface area is 153 Å². The van der Waals surface area contributed by atoms with Crippen LogP contribution in [0.5, 0.6) is 0 Å². The number of hydrogen-bond acceptors (Lipinski definition) is 1. The van der Waals surface area contributed by atoms with E-state index in [0.717, 1.165) is 46.9 Å². The van der Waals surface area contributed by atoms with Gasteiger partial charge in [0.25, 0.3) is 0 Å². The van der Waals surface area contributed by atoms with Crippen LogP contribution in [0.3, 0.4) is 0 Å². The molecule has 1 rings (SSSR count). The second kappa shape index (κ2) is 10.8. The van der Waals surface area contributed by atoms with Gasteiger partial charge >= 0.3 is 153 Å². The molecule has 0 fully saturated rings. The number of aromatic nitrogens is 2. The minimum absolute atomic E-state index is 0.995. The molecule has 0 saturated carbocycles. The second-order valence-corrected chi connectivity index (χ2v) is 20.1. The molecule has 1 aromatic heterocycles. The van der Waals surface area contributed by atoms with Gasteiger partial charge in [-0.05, 0) is 0 Å². The predicted molar refractivity (Wildman–Crippen MR) is 97.7 cm³/mol. The van der Waals surface area contributed by atoms with Crippen molar-refractivity contribution < 1.29 is 17.6 Å². The molecule has 1 heterocycles. The van der Waals surface area contributed by atoms with Crippen molar-refractivity contribution in [1.82, 2.24) is 9.78 Å². The summed E-state index contributed by atoms with van der Waals surface area (Å²) < 4.78 is 57.2. The Morgan fingerprint density at radius 3 is 1.88 bits per heavy atom. The van der Waals surface area contributed by atoms with Crippen molar-refractivity contribution >= 4 is 22.1 Å². The summed E-state index contributed by atoms with van der Waals surface area (Å²) in [5.41, 5.74) is 0. The van der Waals surface area contributed by atoms with E-state index in [2.05, 4.69) is 25.9 Å². The van der Waals surface area contributed by atoms with Gasteiger partial charge in [0.15, 0.2) is 0 Å². The van der Waals surface area contributed by atoms with Crippen molar-refractivity contribution in [3.05, 3.63) is 12.3 Å². The summed E-state index contributed by atoms with van der Waals surface area (Å²) in [4.78, 5) is 0. The Bertz CT molecular complexity index is 469. The van der Waals surface area contributed by atoms with Gasteiger partial charge in [-0.25, -0.2) is 0 Å². The van der Waals surface area contributed by atoms with Crippen molar-refractivity contribution in [2.24, 2.45) is 0 Å². The summed E-state index contributed by atoms with van der Waals surface area (Å²) in [5, 5.41) is 4.41. The van der Waals surface area contributed by atoms with E-state index in [1.807, 2.05) is 6.07 Å². The van der Waals surface area contributed by atoms with E-state index in [9.17, 15) is 17.6 Å². The van der Waals surface area contributed by atoms with Crippen molar-refractivity contribution in [2.45, 2.75) is 91.5 Å². The van der Waals surface area contributed by atoms with Crippen LogP contribution in [-0.4, -0.2) is 40.5 Å². The van der Waals surface area contributed by atoms with Gasteiger partial charge in [-0.3, -0.25) is 0 Å². The van der Waals surface area contributed by atoms with E-state index in [1.165, 1.54) is 19.5 Å². The van der Waals surface area contributed by atoms with E-state index in [-0.39, 0.29) is 0 Å². The van der Waals surface area contributed by atoms with Crippen LogP contribution in [0.1, 0.15) is 59.3 Å². The van der Waals surface area contributed by atoms with Crippen LogP contribution in [0.25, 0.3) is 0 Å². The molecule has 7 heteroatoms. The number of unbranched alkanes of at least 4 members (excludes halogenated alkanes) is 3. The molecular weight excluding hydrogens is 439 g/mol. The van der Waals surface area contributed by atoms with E-state index in [0.29, 0.717) is 0 Å². The fourth-order valence-electron chi connectivity index (χ4n) is 3.32. The molecule has 0 aliphatic rings. The van der Waals surface area contributed by atoms with Crippen LogP contribution in [0.15, 0.2) is 12.3 Å². The summed E-state index contributed by atoms with van der Waals surface area (Å²) in [7, 11) is 0. The molecule has 0 radical (unpaired) electrons. The number of nitrogens with zero attached hydrogens (tertiary/aromatic N) is 2. The fraction of sp³-hybridized carbons (Fsp3) is 0.833. The standard InChI is InChI=1S/C6H5F4N2.3C4H9.Sn/c7-5(8)6(9,10)4-12-3-1-2-11-12;3*1-3-4-2;/h1,3,5H,4H2;3*1,3-4H2,2H3;. The molecule has 0 bridgehead atoms. The number of hydrogen-bond donors (Lipinski definition) is 0. The summed E-state index contributed by atoms with van der Waals surface area (Å²) in [6.07, 6.45) is 4.58. The monoisotopic (exact) mass is 472 g/mol. The van der Waals surface area contributed by atoms with Crippen molar-refractivity contribution in [1.29, 1.82) is 0 Å². The van der Waals surface area contributed by atoms with Crippen LogP contribution in [0.4, 0.5) is 17.6 Å². The number of halogens is 4. The number of alkyl halides is 4. The van der Waals surface area contributed by atoms with E-state index < -0.39 is 37.3 Å². The molecule has 2 nitrogen and oxygen atoms in total. The first kappa shape index (κ1) is 22.8. The summed E-state index contributed by atoms with van der Waals surface area (Å²) >= 11 is -2.78. The maximum absolute atomic E-state index is 13.4. The Morgan fingerprint density at radius 2 is 1.48 bits per heavy atom. The molecule has 0 unspecified atom stereocenters. The van der Waals surface area contributed by atoms with Gasteiger partial charge in [0.05, 0.1) is 0 Å². The first-order valence-electron chi connectivity index (χ1n) is 9.51. The molecule has 0 spiro atoms. The molecule has 0 aromatic carbocycles. The van der Waals surface area contributed by atoms with Gasteiger partial charge in [-0.1, -0.05) is 0 Å². The summed E-state index contributed by atoms with van der Waals surface area (Å²) in [6.45, 7) is 5.45. The third-order valence-electron chi connectivity index (χ3n) is 4.90. The molecule has 0 aliphatic heterocycles. The molecule has 0 N–H and O–H groups in total. The van der Waals surface area contributed by atoms with Gasteiger partial charge in [-0.2, -0.15) is 0 Å². The number of rotatable bonds is 13. The Kier molecular flexibility index (Phi) is 9.81. The molecule has 0 aliphatic carbocycles. The summed E-state index contributed by atoms with van der Waals surface area (Å²) in [5.74, 6) is -4.03. The maximum atomic E-state index is 13.4. The zero-order chi connectivity index (χ0) is 18.9. The zero-order valence-corrected chi connectivity index (χ0v) is 18.6. The van der Waals surface area contributed by atoms with Gasteiger partial charge in [0.2, 0.25) is 0 Å². The SMILES string of the molecule is CCC[CH2][Sn]([CH2]CCC)([CH2]CCC)[c]1ccn(CC(F)(F)C(F)F)n1. The molecule has 0 amide bonds. The van der Waals surface area contributed by atoms with Crippen molar-refractivity contribution in [3.8, 4) is 0 Å². The van der Waals surface area contributed by atoms with Crippen molar-refractivity contribution in [3.63, 3.8) is 0 Å². The molecule has 0 saturated heterocycles. The van der Waals surface area contributed by atoms with Gasteiger partial charge in [0, 0.05) is 0 Å². The molecular formula is C18H32F4N2Sn. The minimum atomic E-state index is -4.03. The van der Waals surface area contributed by atoms with Crippen LogP contribution in [0, 0.1) is 0 Å². The normalized spacial score (nSPS) is 13.0. The summed E-state index contributed by atoms with van der Waals surface area (Å²) in [6, 6.07) is 1.85.